The Bertz CT molecular complexity index is 892. The molecular weight excluding hydrogens is 374 g/mol. The Balaban J connectivity index is 1.26. The maximum atomic E-state index is 12.5. The van der Waals surface area contributed by atoms with Crippen LogP contribution in [0.2, 0.25) is 0 Å². The van der Waals surface area contributed by atoms with Gasteiger partial charge in [-0.05, 0) is 42.0 Å². The molecule has 0 spiro atoms. The van der Waals surface area contributed by atoms with Crippen molar-refractivity contribution in [2.75, 3.05) is 45.0 Å². The van der Waals surface area contributed by atoms with Crippen LogP contribution in [0.15, 0.2) is 42.5 Å². The van der Waals surface area contributed by atoms with E-state index in [0.717, 1.165) is 30.1 Å². The molecular formula is C21H23N3O5. The fourth-order valence-electron chi connectivity index (χ4n) is 3.43. The van der Waals surface area contributed by atoms with Crippen molar-refractivity contribution in [2.45, 2.75) is 6.54 Å². The van der Waals surface area contributed by atoms with E-state index in [1.807, 2.05) is 35.2 Å². The number of carbonyl (C=O) groups excluding carboxylic acids is 2. The van der Waals surface area contributed by atoms with Crippen LogP contribution >= 0.6 is 0 Å². The fourth-order valence-corrected chi connectivity index (χ4v) is 3.43. The molecule has 2 heterocycles. The smallest absolute Gasteiger partial charge is 0.337 e. The lowest BCUT2D eigenvalue weighted by Gasteiger charge is -2.36. The number of benzene rings is 2. The standard InChI is InChI=1S/C21H23N3O5/c1-27-20(25)16-3-5-17(6-4-16)23-8-10-24(11-9-23)21(26)22-13-15-2-7-18-19(12-15)29-14-28-18/h2-7,12H,8-11,13-14H2,1H3,(H,22,26). The number of hydrogen-bond acceptors (Lipinski definition) is 6. The molecule has 0 bridgehead atoms. The lowest BCUT2D eigenvalue weighted by atomic mass is 10.2. The molecule has 152 valence electrons. The zero-order valence-electron chi connectivity index (χ0n) is 16.2. The van der Waals surface area contributed by atoms with Crippen LogP contribution in [0.4, 0.5) is 10.5 Å². The quantitative estimate of drug-likeness (QED) is 0.797. The van der Waals surface area contributed by atoms with Crippen molar-refractivity contribution >= 4 is 17.7 Å². The first-order valence-corrected chi connectivity index (χ1v) is 9.48. The van der Waals surface area contributed by atoms with Gasteiger partial charge in [-0.3, -0.25) is 0 Å². The number of rotatable bonds is 4. The average molecular weight is 397 g/mol. The van der Waals surface area contributed by atoms with E-state index in [4.69, 9.17) is 14.2 Å². The Hall–Kier alpha value is -3.42. The fraction of sp³-hybridized carbons (Fsp3) is 0.333. The summed E-state index contributed by atoms with van der Waals surface area (Å²) in [5.41, 5.74) is 2.52. The summed E-state index contributed by atoms with van der Waals surface area (Å²) >= 11 is 0. The Kier molecular flexibility index (Phi) is 5.41. The number of carbonyl (C=O) groups is 2. The van der Waals surface area contributed by atoms with Gasteiger partial charge >= 0.3 is 12.0 Å². The van der Waals surface area contributed by atoms with Crippen LogP contribution in [0, 0.1) is 0 Å². The zero-order chi connectivity index (χ0) is 20.2. The van der Waals surface area contributed by atoms with E-state index in [-0.39, 0.29) is 18.8 Å². The van der Waals surface area contributed by atoms with Crippen LogP contribution < -0.4 is 19.7 Å². The summed E-state index contributed by atoms with van der Waals surface area (Å²) in [6, 6.07) is 12.9. The second-order valence-electron chi connectivity index (χ2n) is 6.86. The van der Waals surface area contributed by atoms with E-state index >= 15 is 0 Å². The molecule has 1 N–H and O–H groups in total. The zero-order valence-corrected chi connectivity index (χ0v) is 16.2. The van der Waals surface area contributed by atoms with Crippen molar-refractivity contribution in [1.29, 1.82) is 0 Å². The molecule has 4 rings (SSSR count). The summed E-state index contributed by atoms with van der Waals surface area (Å²) in [5.74, 6) is 1.10. The summed E-state index contributed by atoms with van der Waals surface area (Å²) in [4.78, 5) is 28.0. The van der Waals surface area contributed by atoms with Crippen molar-refractivity contribution in [3.05, 3.63) is 53.6 Å². The number of nitrogens with zero attached hydrogens (tertiary/aromatic N) is 2. The summed E-state index contributed by atoms with van der Waals surface area (Å²) in [7, 11) is 1.37. The third-order valence-electron chi connectivity index (χ3n) is 5.10. The van der Waals surface area contributed by atoms with Crippen LogP contribution in [0.25, 0.3) is 0 Å². The highest BCUT2D eigenvalue weighted by molar-refractivity contribution is 5.89. The van der Waals surface area contributed by atoms with E-state index in [1.54, 1.807) is 12.1 Å². The molecule has 29 heavy (non-hydrogen) atoms. The molecule has 0 aliphatic carbocycles. The highest BCUT2D eigenvalue weighted by Crippen LogP contribution is 2.32. The monoisotopic (exact) mass is 397 g/mol. The van der Waals surface area contributed by atoms with Gasteiger partial charge in [0.1, 0.15) is 0 Å². The Labute approximate surface area is 168 Å². The summed E-state index contributed by atoms with van der Waals surface area (Å²) in [6.07, 6.45) is 0. The summed E-state index contributed by atoms with van der Waals surface area (Å²) < 4.78 is 15.4. The SMILES string of the molecule is COC(=O)c1ccc(N2CCN(C(=O)NCc3ccc4c(c3)OCO4)CC2)cc1. The highest BCUT2D eigenvalue weighted by atomic mass is 16.7. The van der Waals surface area contributed by atoms with Gasteiger partial charge < -0.3 is 29.3 Å². The highest BCUT2D eigenvalue weighted by Gasteiger charge is 2.21. The predicted molar refractivity (Wildman–Crippen MR) is 106 cm³/mol. The van der Waals surface area contributed by atoms with E-state index in [1.165, 1.54) is 7.11 Å². The Morgan fingerprint density at radius 1 is 1.00 bits per heavy atom. The van der Waals surface area contributed by atoms with Gasteiger partial charge in [-0.25, -0.2) is 9.59 Å². The molecule has 0 saturated carbocycles. The maximum absolute atomic E-state index is 12.5. The molecule has 0 unspecified atom stereocenters. The minimum Gasteiger partial charge on any atom is -0.465 e. The van der Waals surface area contributed by atoms with E-state index in [9.17, 15) is 9.59 Å². The second-order valence-corrected chi connectivity index (χ2v) is 6.86. The number of nitrogens with one attached hydrogen (secondary N) is 1. The van der Waals surface area contributed by atoms with Gasteiger partial charge in [0.2, 0.25) is 6.79 Å². The first-order valence-electron chi connectivity index (χ1n) is 9.48. The van der Waals surface area contributed by atoms with E-state index < -0.39 is 0 Å². The minimum atomic E-state index is -0.347. The Morgan fingerprint density at radius 3 is 2.45 bits per heavy atom. The second kappa shape index (κ2) is 8.30. The van der Waals surface area contributed by atoms with Gasteiger partial charge in [0, 0.05) is 38.4 Å². The van der Waals surface area contributed by atoms with Gasteiger partial charge in [-0.1, -0.05) is 6.07 Å². The first kappa shape index (κ1) is 18.9. The topological polar surface area (TPSA) is 80.3 Å². The number of fused-ring (bicyclic) bond motifs is 1. The van der Waals surface area contributed by atoms with E-state index in [2.05, 4.69) is 10.2 Å². The third-order valence-corrected chi connectivity index (χ3v) is 5.10. The molecule has 0 aromatic heterocycles. The lowest BCUT2D eigenvalue weighted by Crippen LogP contribution is -2.51. The van der Waals surface area contributed by atoms with Crippen LogP contribution in [-0.4, -0.2) is 57.0 Å². The summed E-state index contributed by atoms with van der Waals surface area (Å²) in [5, 5.41) is 2.96. The van der Waals surface area contributed by atoms with Crippen LogP contribution in [0.5, 0.6) is 11.5 Å². The van der Waals surface area contributed by atoms with Crippen molar-refractivity contribution in [3.63, 3.8) is 0 Å². The van der Waals surface area contributed by atoms with Crippen molar-refractivity contribution in [3.8, 4) is 11.5 Å². The number of urea groups is 1. The number of ether oxygens (including phenoxy) is 3. The normalized spacial score (nSPS) is 15.2. The molecule has 1 saturated heterocycles. The number of methoxy groups -OCH3 is 1. The molecule has 8 heteroatoms. The minimum absolute atomic E-state index is 0.0802. The predicted octanol–water partition coefficient (Wildman–Crippen LogP) is 2.23. The van der Waals surface area contributed by atoms with Crippen LogP contribution in [-0.2, 0) is 11.3 Å². The number of piperazine rings is 1. The number of amides is 2. The maximum Gasteiger partial charge on any atom is 0.337 e. The van der Waals surface area contributed by atoms with Gasteiger partial charge in [-0.15, -0.1) is 0 Å². The number of esters is 1. The van der Waals surface area contributed by atoms with Gasteiger partial charge in [0.05, 0.1) is 12.7 Å². The molecule has 0 atom stereocenters. The van der Waals surface area contributed by atoms with Gasteiger partial charge in [0.15, 0.2) is 11.5 Å². The van der Waals surface area contributed by atoms with Gasteiger partial charge in [0.25, 0.3) is 0 Å². The third kappa shape index (κ3) is 4.21. The molecule has 8 nitrogen and oxygen atoms in total. The molecule has 2 aliphatic heterocycles. The Morgan fingerprint density at radius 2 is 1.72 bits per heavy atom. The molecule has 0 radical (unpaired) electrons. The first-order chi connectivity index (χ1) is 14.1. The van der Waals surface area contributed by atoms with E-state index in [0.29, 0.717) is 30.9 Å². The van der Waals surface area contributed by atoms with Crippen molar-refractivity contribution in [2.24, 2.45) is 0 Å². The summed E-state index contributed by atoms with van der Waals surface area (Å²) in [6.45, 7) is 3.40. The molecule has 2 aromatic rings. The number of hydrogen-bond donors (Lipinski definition) is 1. The van der Waals surface area contributed by atoms with Crippen molar-refractivity contribution < 1.29 is 23.8 Å². The lowest BCUT2D eigenvalue weighted by molar-refractivity contribution is 0.0600. The molecule has 2 aromatic carbocycles. The van der Waals surface area contributed by atoms with Gasteiger partial charge in [-0.2, -0.15) is 0 Å². The van der Waals surface area contributed by atoms with Crippen LogP contribution in [0.3, 0.4) is 0 Å². The average Bonchev–Trinajstić information content (AvgIpc) is 3.25. The van der Waals surface area contributed by atoms with Crippen molar-refractivity contribution in [1.82, 2.24) is 10.2 Å². The van der Waals surface area contributed by atoms with Crippen LogP contribution in [0.1, 0.15) is 15.9 Å². The molecule has 1 fully saturated rings. The molecule has 2 aliphatic rings. The number of anilines is 1. The molecule has 2 amide bonds. The largest absolute Gasteiger partial charge is 0.465 e.